The summed E-state index contributed by atoms with van der Waals surface area (Å²) in [5.74, 6) is -2.04. The van der Waals surface area contributed by atoms with Crippen LogP contribution in [0.5, 0.6) is 0 Å². The molecule has 0 bridgehead atoms. The standard InChI is InChI=1S/C25H26N2O5/c1-4-7-20-26-21(15(2)3)22(27-20)25(31)32-14-16-10-12-17(13-11-16)18-8-5-6-9-19(18)23(28)24(29)30/h5-6,8-13,15H,4,7,14H2,1-3H3,(H,26,27)(H,29,30). The van der Waals surface area contributed by atoms with Crippen molar-refractivity contribution in [3.05, 3.63) is 76.9 Å². The van der Waals surface area contributed by atoms with Gasteiger partial charge in [-0.2, -0.15) is 0 Å². The van der Waals surface area contributed by atoms with Crippen LogP contribution in [-0.4, -0.2) is 32.8 Å². The molecular weight excluding hydrogens is 408 g/mol. The molecule has 166 valence electrons. The highest BCUT2D eigenvalue weighted by atomic mass is 16.5. The number of carboxylic acid groups (broad SMARTS) is 1. The molecule has 0 aliphatic heterocycles. The first-order chi connectivity index (χ1) is 15.3. The fourth-order valence-electron chi connectivity index (χ4n) is 3.41. The third kappa shape index (κ3) is 5.11. The van der Waals surface area contributed by atoms with Crippen LogP contribution in [-0.2, 0) is 22.6 Å². The largest absolute Gasteiger partial charge is 0.475 e. The van der Waals surface area contributed by atoms with Crippen LogP contribution in [0.4, 0.5) is 0 Å². The summed E-state index contributed by atoms with van der Waals surface area (Å²) in [5.41, 5.74) is 3.21. The van der Waals surface area contributed by atoms with E-state index < -0.39 is 17.7 Å². The number of carboxylic acids is 1. The molecule has 2 N–H and O–H groups in total. The van der Waals surface area contributed by atoms with Gasteiger partial charge in [-0.15, -0.1) is 0 Å². The first-order valence-electron chi connectivity index (χ1n) is 10.5. The van der Waals surface area contributed by atoms with E-state index in [1.165, 1.54) is 6.07 Å². The van der Waals surface area contributed by atoms with Gasteiger partial charge in [0.1, 0.15) is 12.4 Å². The van der Waals surface area contributed by atoms with Crippen LogP contribution in [0.25, 0.3) is 11.1 Å². The third-order valence-electron chi connectivity index (χ3n) is 5.04. The minimum Gasteiger partial charge on any atom is -0.475 e. The second kappa shape index (κ2) is 10.0. The number of aromatic amines is 1. The number of aromatic nitrogens is 2. The zero-order valence-electron chi connectivity index (χ0n) is 18.3. The lowest BCUT2D eigenvalue weighted by molar-refractivity contribution is -0.131. The number of hydrogen-bond acceptors (Lipinski definition) is 5. The van der Waals surface area contributed by atoms with E-state index in [1.807, 2.05) is 13.8 Å². The first kappa shape index (κ1) is 22.9. The number of ketones is 1. The van der Waals surface area contributed by atoms with E-state index in [2.05, 4.69) is 16.9 Å². The molecular formula is C25H26N2O5. The van der Waals surface area contributed by atoms with Crippen LogP contribution >= 0.6 is 0 Å². The smallest absolute Gasteiger partial charge is 0.377 e. The van der Waals surface area contributed by atoms with Gasteiger partial charge < -0.3 is 14.8 Å². The quantitative estimate of drug-likeness (QED) is 0.285. The van der Waals surface area contributed by atoms with Gasteiger partial charge in [0.25, 0.3) is 5.78 Å². The van der Waals surface area contributed by atoms with E-state index in [-0.39, 0.29) is 18.1 Å². The fraction of sp³-hybridized carbons (Fsp3) is 0.280. The lowest BCUT2D eigenvalue weighted by atomic mass is 9.96. The summed E-state index contributed by atoms with van der Waals surface area (Å²) >= 11 is 0. The molecule has 7 heteroatoms. The van der Waals surface area contributed by atoms with Gasteiger partial charge in [0, 0.05) is 12.0 Å². The molecule has 32 heavy (non-hydrogen) atoms. The van der Waals surface area contributed by atoms with Crippen molar-refractivity contribution >= 4 is 17.7 Å². The molecule has 1 aromatic heterocycles. The number of esters is 1. The highest BCUT2D eigenvalue weighted by Gasteiger charge is 2.21. The van der Waals surface area contributed by atoms with Crippen LogP contribution in [0.1, 0.15) is 71.0 Å². The number of nitrogens with zero attached hydrogens (tertiary/aromatic N) is 1. The van der Waals surface area contributed by atoms with E-state index >= 15 is 0 Å². The Bertz CT molecular complexity index is 1130. The van der Waals surface area contributed by atoms with Crippen molar-refractivity contribution in [1.82, 2.24) is 9.97 Å². The Kier molecular flexibility index (Phi) is 7.20. The van der Waals surface area contributed by atoms with Gasteiger partial charge in [0.2, 0.25) is 0 Å². The monoisotopic (exact) mass is 434 g/mol. The van der Waals surface area contributed by atoms with E-state index in [0.717, 1.165) is 29.9 Å². The maximum atomic E-state index is 12.6. The number of ether oxygens (including phenoxy) is 1. The van der Waals surface area contributed by atoms with Gasteiger partial charge in [0.15, 0.2) is 5.69 Å². The highest BCUT2D eigenvalue weighted by Crippen LogP contribution is 2.25. The zero-order chi connectivity index (χ0) is 23.3. The summed E-state index contributed by atoms with van der Waals surface area (Å²) in [5, 5.41) is 9.05. The minimum atomic E-state index is -1.50. The predicted molar refractivity (Wildman–Crippen MR) is 120 cm³/mol. The molecule has 0 fully saturated rings. The number of carbonyl (C=O) groups is 3. The van der Waals surface area contributed by atoms with E-state index in [1.54, 1.807) is 42.5 Å². The predicted octanol–water partition coefficient (Wildman–Crippen LogP) is 4.78. The van der Waals surface area contributed by atoms with Crippen molar-refractivity contribution < 1.29 is 24.2 Å². The molecule has 0 atom stereocenters. The third-order valence-corrected chi connectivity index (χ3v) is 5.04. The SMILES string of the molecule is CCCc1nc(C(=O)OCc2ccc(-c3ccccc3C(=O)C(=O)O)cc2)c(C(C)C)[nH]1. The van der Waals surface area contributed by atoms with E-state index in [0.29, 0.717) is 16.8 Å². The van der Waals surface area contributed by atoms with Gasteiger partial charge in [0.05, 0.1) is 5.69 Å². The van der Waals surface area contributed by atoms with Crippen LogP contribution in [0, 0.1) is 0 Å². The van der Waals surface area contributed by atoms with Crippen molar-refractivity contribution in [2.75, 3.05) is 0 Å². The van der Waals surface area contributed by atoms with E-state index in [4.69, 9.17) is 9.84 Å². The molecule has 0 unspecified atom stereocenters. The normalized spacial score (nSPS) is 10.9. The molecule has 0 saturated heterocycles. The Labute approximate surface area is 186 Å². The number of aliphatic carboxylic acids is 1. The maximum absolute atomic E-state index is 12.6. The number of nitrogens with one attached hydrogen (secondary N) is 1. The van der Waals surface area contributed by atoms with Crippen LogP contribution in [0.15, 0.2) is 48.5 Å². The molecule has 0 aliphatic rings. The van der Waals surface area contributed by atoms with Gasteiger partial charge in [-0.05, 0) is 29.0 Å². The van der Waals surface area contributed by atoms with Crippen molar-refractivity contribution in [1.29, 1.82) is 0 Å². The van der Waals surface area contributed by atoms with Crippen LogP contribution in [0.2, 0.25) is 0 Å². The van der Waals surface area contributed by atoms with Gasteiger partial charge in [-0.3, -0.25) is 4.79 Å². The number of imidazole rings is 1. The minimum absolute atomic E-state index is 0.0717. The topological polar surface area (TPSA) is 109 Å². The molecule has 0 spiro atoms. The number of hydrogen-bond donors (Lipinski definition) is 2. The molecule has 3 aromatic rings. The molecule has 7 nitrogen and oxygen atoms in total. The summed E-state index contributed by atoms with van der Waals surface area (Å²) < 4.78 is 5.48. The lowest BCUT2D eigenvalue weighted by Gasteiger charge is -2.09. The number of benzene rings is 2. The van der Waals surface area contributed by atoms with Crippen molar-refractivity contribution in [2.45, 2.75) is 46.1 Å². The fourth-order valence-corrected chi connectivity index (χ4v) is 3.41. The maximum Gasteiger partial charge on any atom is 0.377 e. The number of Topliss-reactive ketones (excluding diaryl/α,β-unsaturated/α-hetero) is 1. The lowest BCUT2D eigenvalue weighted by Crippen LogP contribution is -2.13. The number of carbonyl (C=O) groups excluding carboxylic acids is 2. The van der Waals surface area contributed by atoms with Crippen molar-refractivity contribution in [2.24, 2.45) is 0 Å². The average molecular weight is 434 g/mol. The Morgan fingerprint density at radius 2 is 1.75 bits per heavy atom. The molecule has 0 amide bonds. The summed E-state index contributed by atoms with van der Waals surface area (Å²) in [6.07, 6.45) is 1.69. The van der Waals surface area contributed by atoms with Crippen molar-refractivity contribution in [3.63, 3.8) is 0 Å². The van der Waals surface area contributed by atoms with Crippen molar-refractivity contribution in [3.8, 4) is 11.1 Å². The summed E-state index contributed by atoms with van der Waals surface area (Å²) in [6.45, 7) is 6.11. The molecule has 2 aromatic carbocycles. The molecule has 0 aliphatic carbocycles. The van der Waals surface area contributed by atoms with E-state index in [9.17, 15) is 14.4 Å². The second-order valence-electron chi connectivity index (χ2n) is 7.80. The average Bonchev–Trinajstić information content (AvgIpc) is 3.22. The molecule has 1 heterocycles. The Morgan fingerprint density at radius 1 is 1.06 bits per heavy atom. The number of rotatable bonds is 9. The van der Waals surface area contributed by atoms with Gasteiger partial charge >= 0.3 is 11.9 Å². The summed E-state index contributed by atoms with van der Waals surface area (Å²) in [4.78, 5) is 43.4. The number of H-pyrrole nitrogens is 1. The van der Waals surface area contributed by atoms with Gasteiger partial charge in [-0.25, -0.2) is 14.6 Å². The first-order valence-corrected chi connectivity index (χ1v) is 10.5. The highest BCUT2D eigenvalue weighted by molar-refractivity contribution is 6.41. The molecule has 0 saturated carbocycles. The second-order valence-corrected chi connectivity index (χ2v) is 7.80. The Morgan fingerprint density at radius 3 is 2.38 bits per heavy atom. The summed E-state index contributed by atoms with van der Waals surface area (Å²) in [6, 6.07) is 13.7. The van der Waals surface area contributed by atoms with Gasteiger partial charge in [-0.1, -0.05) is 69.3 Å². The summed E-state index contributed by atoms with van der Waals surface area (Å²) in [7, 11) is 0. The Balaban J connectivity index is 1.74. The Hall–Kier alpha value is -3.74. The molecule has 0 radical (unpaired) electrons. The number of aryl methyl sites for hydroxylation is 1. The van der Waals surface area contributed by atoms with Crippen LogP contribution in [0.3, 0.4) is 0 Å². The molecule has 3 rings (SSSR count). The zero-order valence-corrected chi connectivity index (χ0v) is 18.3. The van der Waals surface area contributed by atoms with Crippen LogP contribution < -0.4 is 0 Å².